The van der Waals surface area contributed by atoms with Crippen LogP contribution in [0.5, 0.6) is 11.5 Å². The largest absolute Gasteiger partial charge is 0.496 e. The summed E-state index contributed by atoms with van der Waals surface area (Å²) in [6.45, 7) is 1.38. The summed E-state index contributed by atoms with van der Waals surface area (Å²) < 4.78 is 15.3. The van der Waals surface area contributed by atoms with Gasteiger partial charge in [-0.1, -0.05) is 35.9 Å². The first kappa shape index (κ1) is 19.0. The Morgan fingerprint density at radius 1 is 1.17 bits per heavy atom. The zero-order valence-corrected chi connectivity index (χ0v) is 17.6. The van der Waals surface area contributed by atoms with Crippen molar-refractivity contribution >= 4 is 17.2 Å². The smallest absolute Gasteiger partial charge is 0.314 e. The van der Waals surface area contributed by atoms with Crippen LogP contribution in [0.4, 0.5) is 0 Å². The summed E-state index contributed by atoms with van der Waals surface area (Å²) in [4.78, 5) is 15.4. The fourth-order valence-corrected chi connectivity index (χ4v) is 4.46. The molecular formula is C23H22ClN3O3. The molecule has 2 aliphatic rings. The Kier molecular flexibility index (Phi) is 4.68. The number of ether oxygens (including phenoxy) is 2. The molecule has 2 aromatic carbocycles. The Morgan fingerprint density at radius 3 is 2.73 bits per heavy atom. The molecule has 0 spiro atoms. The molecule has 5 rings (SSSR count). The Morgan fingerprint density at radius 2 is 1.97 bits per heavy atom. The number of hydrogen-bond acceptors (Lipinski definition) is 4. The van der Waals surface area contributed by atoms with Crippen LogP contribution >= 0.6 is 11.6 Å². The van der Waals surface area contributed by atoms with Crippen LogP contribution in [0.1, 0.15) is 17.7 Å². The Balaban J connectivity index is 1.49. The normalized spacial score (nSPS) is 18.2. The molecule has 6 nitrogen and oxygen atoms in total. The second-order valence-corrected chi connectivity index (χ2v) is 7.97. The van der Waals surface area contributed by atoms with Crippen molar-refractivity contribution in [2.45, 2.75) is 19.2 Å². The van der Waals surface area contributed by atoms with Gasteiger partial charge in [0.1, 0.15) is 5.75 Å². The molecule has 0 amide bonds. The molecule has 0 N–H and O–H groups in total. The zero-order valence-electron chi connectivity index (χ0n) is 16.8. The van der Waals surface area contributed by atoms with E-state index in [-0.39, 0.29) is 11.8 Å². The summed E-state index contributed by atoms with van der Waals surface area (Å²) in [5.74, 6) is 1.21. The molecule has 0 saturated carbocycles. The van der Waals surface area contributed by atoms with Gasteiger partial charge in [-0.3, -0.25) is 14.4 Å². The van der Waals surface area contributed by atoms with Crippen molar-refractivity contribution in [1.82, 2.24) is 14.3 Å². The maximum Gasteiger partial charge on any atom is 0.314 e. The second kappa shape index (κ2) is 7.38. The summed E-state index contributed by atoms with van der Waals surface area (Å²) >= 11 is 6.23. The van der Waals surface area contributed by atoms with Gasteiger partial charge in [0.05, 0.1) is 18.5 Å². The molecule has 0 aliphatic carbocycles. The van der Waals surface area contributed by atoms with Crippen LogP contribution in [0, 0.1) is 0 Å². The van der Waals surface area contributed by atoms with Gasteiger partial charge in [-0.15, -0.1) is 0 Å². The summed E-state index contributed by atoms with van der Waals surface area (Å²) in [6, 6.07) is 15.2. The van der Waals surface area contributed by atoms with Crippen LogP contribution < -0.4 is 15.0 Å². The number of hydrogen-bond donors (Lipinski definition) is 0. The summed E-state index contributed by atoms with van der Waals surface area (Å²) in [5, 5.41) is 0.662. The fourth-order valence-electron chi connectivity index (χ4n) is 4.28. The number of nitrogens with zero attached hydrogens (tertiary/aromatic N) is 3. The number of benzene rings is 2. The maximum atomic E-state index is 13.2. The molecule has 0 fully saturated rings. The first-order valence-corrected chi connectivity index (χ1v) is 10.2. The van der Waals surface area contributed by atoms with Gasteiger partial charge >= 0.3 is 5.56 Å². The standard InChI is InChI=1S/C23H22ClN3O3/c1-25-19-14-26-11-10-15(18-13-16(24)8-9-20(18)29-2)12-21(26)30-22(19)23(28)27(25)17-6-4-3-5-7-17/h3-10,13,21H,11-12,14H2,1-2H3. The van der Waals surface area contributed by atoms with E-state index in [0.717, 1.165) is 34.8 Å². The highest BCUT2D eigenvalue weighted by Gasteiger charge is 2.36. The lowest BCUT2D eigenvalue weighted by atomic mass is 9.96. The third kappa shape index (κ3) is 3.04. The molecule has 3 aromatic rings. The van der Waals surface area contributed by atoms with E-state index in [1.165, 1.54) is 0 Å². The monoisotopic (exact) mass is 423 g/mol. The molecule has 30 heavy (non-hydrogen) atoms. The van der Waals surface area contributed by atoms with Crippen molar-refractivity contribution in [2.24, 2.45) is 7.05 Å². The van der Waals surface area contributed by atoms with Crippen molar-refractivity contribution in [1.29, 1.82) is 0 Å². The second-order valence-electron chi connectivity index (χ2n) is 7.53. The molecule has 1 atom stereocenters. The predicted octanol–water partition coefficient (Wildman–Crippen LogP) is 3.85. The number of rotatable bonds is 3. The molecule has 1 unspecified atom stereocenters. The van der Waals surface area contributed by atoms with E-state index >= 15 is 0 Å². The van der Waals surface area contributed by atoms with Crippen molar-refractivity contribution < 1.29 is 9.47 Å². The number of para-hydroxylation sites is 1. The predicted molar refractivity (Wildman–Crippen MR) is 116 cm³/mol. The Bertz CT molecular complexity index is 1200. The number of halogens is 1. The highest BCUT2D eigenvalue weighted by molar-refractivity contribution is 6.30. The molecule has 7 heteroatoms. The summed E-state index contributed by atoms with van der Waals surface area (Å²) in [5.41, 5.74) is 3.66. The zero-order chi connectivity index (χ0) is 20.8. The van der Waals surface area contributed by atoms with Crippen LogP contribution in [0.15, 0.2) is 59.4 Å². The lowest BCUT2D eigenvalue weighted by Crippen LogP contribution is -2.45. The lowest BCUT2D eigenvalue weighted by molar-refractivity contribution is 0.00454. The fraction of sp³-hybridized carbons (Fsp3) is 0.261. The van der Waals surface area contributed by atoms with Crippen molar-refractivity contribution in [3.8, 4) is 17.2 Å². The van der Waals surface area contributed by atoms with Crippen LogP contribution in [-0.4, -0.2) is 34.1 Å². The van der Waals surface area contributed by atoms with E-state index in [1.807, 2.05) is 60.3 Å². The molecular weight excluding hydrogens is 402 g/mol. The molecule has 0 radical (unpaired) electrons. The average molecular weight is 424 g/mol. The first-order valence-electron chi connectivity index (χ1n) is 9.86. The van der Waals surface area contributed by atoms with Gasteiger partial charge in [0.25, 0.3) is 0 Å². The third-order valence-corrected chi connectivity index (χ3v) is 6.06. The number of fused-ring (bicyclic) bond motifs is 2. The molecule has 0 bridgehead atoms. The van der Waals surface area contributed by atoms with E-state index in [1.54, 1.807) is 11.8 Å². The van der Waals surface area contributed by atoms with E-state index in [4.69, 9.17) is 21.1 Å². The lowest BCUT2D eigenvalue weighted by Gasteiger charge is -2.38. The van der Waals surface area contributed by atoms with Gasteiger partial charge in [0.2, 0.25) is 5.75 Å². The van der Waals surface area contributed by atoms with E-state index in [9.17, 15) is 4.79 Å². The molecule has 0 saturated heterocycles. The minimum atomic E-state index is -0.208. The third-order valence-electron chi connectivity index (χ3n) is 5.83. The van der Waals surface area contributed by atoms with Crippen LogP contribution in [0.3, 0.4) is 0 Å². The van der Waals surface area contributed by atoms with Crippen molar-refractivity contribution in [3.05, 3.63) is 81.2 Å². The number of methoxy groups -OCH3 is 1. The van der Waals surface area contributed by atoms with Crippen molar-refractivity contribution in [3.63, 3.8) is 0 Å². The van der Waals surface area contributed by atoms with Gasteiger partial charge in [0, 0.05) is 37.1 Å². The van der Waals surface area contributed by atoms with Crippen LogP contribution in [-0.2, 0) is 13.6 Å². The maximum absolute atomic E-state index is 13.2. The minimum Gasteiger partial charge on any atom is -0.496 e. The molecule has 154 valence electrons. The first-order chi connectivity index (χ1) is 14.6. The quantitative estimate of drug-likeness (QED) is 0.642. The van der Waals surface area contributed by atoms with Crippen molar-refractivity contribution in [2.75, 3.05) is 13.7 Å². The Labute approximate surface area is 179 Å². The summed E-state index contributed by atoms with van der Waals surface area (Å²) in [7, 11) is 3.56. The van der Waals surface area contributed by atoms with Crippen LogP contribution in [0.2, 0.25) is 5.02 Å². The summed E-state index contributed by atoms with van der Waals surface area (Å²) in [6.07, 6.45) is 2.63. The topological polar surface area (TPSA) is 48.6 Å². The van der Waals surface area contributed by atoms with Gasteiger partial charge in [-0.25, -0.2) is 4.68 Å². The van der Waals surface area contributed by atoms with Gasteiger partial charge in [0.15, 0.2) is 6.23 Å². The van der Waals surface area contributed by atoms with E-state index in [2.05, 4.69) is 11.0 Å². The highest BCUT2D eigenvalue weighted by Crippen LogP contribution is 2.37. The minimum absolute atomic E-state index is 0.130. The van der Waals surface area contributed by atoms with Gasteiger partial charge in [-0.05, 0) is 35.9 Å². The van der Waals surface area contributed by atoms with Gasteiger partial charge < -0.3 is 9.47 Å². The molecule has 1 aromatic heterocycles. The van der Waals surface area contributed by atoms with Crippen LogP contribution in [0.25, 0.3) is 11.3 Å². The highest BCUT2D eigenvalue weighted by atomic mass is 35.5. The average Bonchev–Trinajstić information content (AvgIpc) is 3.02. The van der Waals surface area contributed by atoms with E-state index < -0.39 is 0 Å². The Hall–Kier alpha value is -2.96. The van der Waals surface area contributed by atoms with Gasteiger partial charge in [-0.2, -0.15) is 0 Å². The molecule has 2 aliphatic heterocycles. The van der Waals surface area contributed by atoms with E-state index in [0.29, 0.717) is 23.7 Å². The SMILES string of the molecule is COc1ccc(Cl)cc1C1=CCN2Cc3c(c(=O)n(-c4ccccc4)n3C)OC2C1. The number of aromatic nitrogens is 2. The molecule has 3 heterocycles.